The number of fused-ring (bicyclic) bond motifs is 1. The van der Waals surface area contributed by atoms with Gasteiger partial charge in [0.25, 0.3) is 11.4 Å². The fourth-order valence-electron chi connectivity index (χ4n) is 3.71. The van der Waals surface area contributed by atoms with E-state index in [-0.39, 0.29) is 5.56 Å². The van der Waals surface area contributed by atoms with E-state index < -0.39 is 0 Å². The van der Waals surface area contributed by atoms with Crippen LogP contribution >= 0.6 is 22.7 Å². The van der Waals surface area contributed by atoms with Crippen molar-refractivity contribution in [2.75, 3.05) is 13.7 Å². The Bertz CT molecular complexity index is 1440. The van der Waals surface area contributed by atoms with Crippen LogP contribution in [0.2, 0.25) is 0 Å². The van der Waals surface area contributed by atoms with Gasteiger partial charge in [0.2, 0.25) is 5.89 Å². The maximum Gasteiger partial charge on any atom is 0.268 e. The predicted octanol–water partition coefficient (Wildman–Crippen LogP) is 5.18. The molecule has 4 heterocycles. The molecule has 174 valence electrons. The van der Waals surface area contributed by atoms with Gasteiger partial charge >= 0.3 is 0 Å². The Morgan fingerprint density at radius 2 is 1.97 bits per heavy atom. The highest BCUT2D eigenvalue weighted by Gasteiger charge is 2.16. The molecule has 5 rings (SSSR count). The number of rotatable bonds is 9. The lowest BCUT2D eigenvalue weighted by atomic mass is 10.2. The zero-order chi connectivity index (χ0) is 23.5. The summed E-state index contributed by atoms with van der Waals surface area (Å²) in [5.41, 5.74) is 1.60. The highest BCUT2D eigenvalue weighted by molar-refractivity contribution is 7.22. The Morgan fingerprint density at radius 1 is 1.12 bits per heavy atom. The highest BCUT2D eigenvalue weighted by Crippen LogP contribution is 2.32. The maximum atomic E-state index is 12.8. The van der Waals surface area contributed by atoms with E-state index in [1.165, 1.54) is 11.3 Å². The van der Waals surface area contributed by atoms with Crippen LogP contribution < -0.4 is 10.3 Å². The van der Waals surface area contributed by atoms with Crippen molar-refractivity contribution >= 4 is 32.9 Å². The van der Waals surface area contributed by atoms with E-state index in [4.69, 9.17) is 14.1 Å². The Morgan fingerprint density at radius 3 is 2.71 bits per heavy atom. The topological polar surface area (TPSA) is 97.1 Å². The molecule has 0 spiro atoms. The van der Waals surface area contributed by atoms with Crippen LogP contribution in [0.3, 0.4) is 0 Å². The monoisotopic (exact) mass is 493 g/mol. The lowest BCUT2D eigenvalue weighted by Gasteiger charge is -2.18. The number of hydrogen-bond acceptors (Lipinski definition) is 9. The van der Waals surface area contributed by atoms with Gasteiger partial charge in [0.1, 0.15) is 16.3 Å². The molecule has 10 heteroatoms. The zero-order valence-electron chi connectivity index (χ0n) is 18.8. The zero-order valence-corrected chi connectivity index (χ0v) is 20.4. The van der Waals surface area contributed by atoms with Gasteiger partial charge in [0.15, 0.2) is 0 Å². The van der Waals surface area contributed by atoms with Crippen molar-refractivity contribution in [2.24, 2.45) is 0 Å². The molecule has 0 bridgehead atoms. The molecular weight excluding hydrogens is 470 g/mol. The van der Waals surface area contributed by atoms with Gasteiger partial charge in [-0.15, -0.1) is 32.9 Å². The SMILES string of the molecule is CCCN(Cc1nc2cc(-c3ccc(OC)cc3)sc2c(=O)[nH]1)Cc1nnc(-c2cccs2)o1. The second-order valence-corrected chi connectivity index (χ2v) is 9.75. The molecule has 8 nitrogen and oxygen atoms in total. The first-order valence-electron chi connectivity index (χ1n) is 10.9. The van der Waals surface area contributed by atoms with Gasteiger partial charge in [-0.25, -0.2) is 4.98 Å². The molecule has 0 aliphatic rings. The smallest absolute Gasteiger partial charge is 0.268 e. The molecule has 4 aromatic heterocycles. The summed E-state index contributed by atoms with van der Waals surface area (Å²) in [6.07, 6.45) is 0.943. The number of methoxy groups -OCH3 is 1. The van der Waals surface area contributed by atoms with Crippen LogP contribution in [-0.4, -0.2) is 38.7 Å². The molecule has 1 aromatic carbocycles. The molecule has 5 aromatic rings. The van der Waals surface area contributed by atoms with Gasteiger partial charge in [-0.05, 0) is 60.3 Å². The van der Waals surface area contributed by atoms with Gasteiger partial charge in [-0.3, -0.25) is 9.69 Å². The van der Waals surface area contributed by atoms with Crippen molar-refractivity contribution in [3.63, 3.8) is 0 Å². The quantitative estimate of drug-likeness (QED) is 0.302. The lowest BCUT2D eigenvalue weighted by molar-refractivity contribution is 0.226. The number of aromatic nitrogens is 4. The summed E-state index contributed by atoms with van der Waals surface area (Å²) < 4.78 is 11.7. The maximum absolute atomic E-state index is 12.8. The van der Waals surface area contributed by atoms with Gasteiger partial charge in [0, 0.05) is 4.88 Å². The molecule has 0 atom stereocenters. The van der Waals surface area contributed by atoms with Gasteiger partial charge in [0.05, 0.1) is 30.6 Å². The molecule has 34 heavy (non-hydrogen) atoms. The standard InChI is InChI=1S/C24H23N5O3S2/c1-3-10-29(14-21-27-28-24(32-21)18-5-4-11-33-18)13-20-25-17-12-19(34-22(17)23(30)26-20)15-6-8-16(31-2)9-7-15/h4-9,11-12H,3,10,13-14H2,1-2H3,(H,25,26,30). The van der Waals surface area contributed by atoms with E-state index in [9.17, 15) is 4.79 Å². The van der Waals surface area contributed by atoms with Gasteiger partial charge in [-0.2, -0.15) is 0 Å². The molecule has 0 aliphatic carbocycles. The van der Waals surface area contributed by atoms with Crippen molar-refractivity contribution in [3.05, 3.63) is 69.9 Å². The van der Waals surface area contributed by atoms with Crippen molar-refractivity contribution in [1.82, 2.24) is 25.1 Å². The third-order valence-electron chi connectivity index (χ3n) is 5.28. The van der Waals surface area contributed by atoms with Crippen molar-refractivity contribution in [1.29, 1.82) is 0 Å². The molecule has 0 saturated carbocycles. The van der Waals surface area contributed by atoms with Crippen LogP contribution in [0, 0.1) is 0 Å². The summed E-state index contributed by atoms with van der Waals surface area (Å²) >= 11 is 3.00. The van der Waals surface area contributed by atoms with E-state index in [1.54, 1.807) is 18.4 Å². The number of benzene rings is 1. The molecule has 0 fully saturated rings. The minimum Gasteiger partial charge on any atom is -0.497 e. The second-order valence-electron chi connectivity index (χ2n) is 7.76. The van der Waals surface area contributed by atoms with Crippen LogP contribution in [0.1, 0.15) is 25.1 Å². The van der Waals surface area contributed by atoms with Crippen molar-refractivity contribution in [3.8, 4) is 27.0 Å². The molecule has 0 amide bonds. The number of nitrogens with one attached hydrogen (secondary N) is 1. The van der Waals surface area contributed by atoms with E-state index in [0.29, 0.717) is 40.9 Å². The average molecular weight is 494 g/mol. The summed E-state index contributed by atoms with van der Waals surface area (Å²) in [6, 6.07) is 13.7. The summed E-state index contributed by atoms with van der Waals surface area (Å²) in [4.78, 5) is 24.6. The summed E-state index contributed by atoms with van der Waals surface area (Å²) in [5.74, 6) is 2.47. The Balaban J connectivity index is 1.37. The summed E-state index contributed by atoms with van der Waals surface area (Å²) in [6.45, 7) is 3.87. The predicted molar refractivity (Wildman–Crippen MR) is 134 cm³/mol. The van der Waals surface area contributed by atoms with E-state index >= 15 is 0 Å². The largest absolute Gasteiger partial charge is 0.497 e. The van der Waals surface area contributed by atoms with E-state index in [1.807, 2.05) is 47.8 Å². The lowest BCUT2D eigenvalue weighted by Crippen LogP contribution is -2.26. The molecule has 0 aliphatic heterocycles. The molecule has 0 saturated heterocycles. The summed E-state index contributed by atoms with van der Waals surface area (Å²) in [7, 11) is 1.64. The first-order chi connectivity index (χ1) is 16.6. The van der Waals surface area contributed by atoms with Gasteiger partial charge in [-0.1, -0.05) is 13.0 Å². The Kier molecular flexibility index (Phi) is 6.52. The average Bonchev–Trinajstić information content (AvgIpc) is 3.60. The Labute approximate surface area is 203 Å². The number of thiophene rings is 2. The van der Waals surface area contributed by atoms with Gasteiger partial charge < -0.3 is 14.1 Å². The third kappa shape index (κ3) is 4.79. The van der Waals surface area contributed by atoms with Crippen molar-refractivity contribution in [2.45, 2.75) is 26.4 Å². The molecular formula is C24H23N5O3S2. The number of hydrogen-bond donors (Lipinski definition) is 1. The molecule has 0 radical (unpaired) electrons. The van der Waals surface area contributed by atoms with Crippen LogP contribution in [0.5, 0.6) is 5.75 Å². The second kappa shape index (κ2) is 9.88. The molecule has 1 N–H and O–H groups in total. The number of nitrogens with zero attached hydrogens (tertiary/aromatic N) is 4. The third-order valence-corrected chi connectivity index (χ3v) is 7.31. The fraction of sp³-hybridized carbons (Fsp3) is 0.250. The minimum absolute atomic E-state index is 0.126. The fourth-order valence-corrected chi connectivity index (χ4v) is 5.35. The van der Waals surface area contributed by atoms with Crippen LogP contribution in [0.25, 0.3) is 31.4 Å². The van der Waals surface area contributed by atoms with E-state index in [0.717, 1.165) is 34.0 Å². The minimum atomic E-state index is -0.126. The van der Waals surface area contributed by atoms with Crippen LogP contribution in [0.15, 0.2) is 57.1 Å². The van der Waals surface area contributed by atoms with Crippen LogP contribution in [0.4, 0.5) is 0 Å². The van der Waals surface area contributed by atoms with Crippen LogP contribution in [-0.2, 0) is 13.1 Å². The van der Waals surface area contributed by atoms with E-state index in [2.05, 4.69) is 27.0 Å². The highest BCUT2D eigenvalue weighted by atomic mass is 32.1. The normalized spacial score (nSPS) is 11.5. The molecule has 0 unspecified atom stereocenters. The number of ether oxygens (including phenoxy) is 1. The first kappa shape index (κ1) is 22.5. The number of aromatic amines is 1. The summed E-state index contributed by atoms with van der Waals surface area (Å²) in [5, 5.41) is 10.3. The first-order valence-corrected chi connectivity index (χ1v) is 12.6. The van der Waals surface area contributed by atoms with Crippen molar-refractivity contribution < 1.29 is 9.15 Å². The number of H-pyrrole nitrogens is 1. The Hall–Kier alpha value is -3.34.